The van der Waals surface area contributed by atoms with Crippen LogP contribution in [0.4, 0.5) is 5.13 Å². The maximum atomic E-state index is 4.14. The summed E-state index contributed by atoms with van der Waals surface area (Å²) in [5.74, 6) is 1.23. The van der Waals surface area contributed by atoms with Crippen molar-refractivity contribution in [1.29, 1.82) is 0 Å². The molecule has 1 aromatic rings. The Kier molecular flexibility index (Phi) is 3.64. The first-order valence-electron chi connectivity index (χ1n) is 5.03. The third-order valence-corrected chi connectivity index (χ3v) is 4.30. The summed E-state index contributed by atoms with van der Waals surface area (Å²) in [4.78, 5) is 4.14. The summed E-state index contributed by atoms with van der Waals surface area (Å²) in [5.41, 5.74) is 0. The van der Waals surface area contributed by atoms with Crippen molar-refractivity contribution in [3.05, 3.63) is 6.33 Å². The average molecular weight is 229 g/mol. The van der Waals surface area contributed by atoms with Crippen LogP contribution in [0, 0.1) is 0 Å². The summed E-state index contributed by atoms with van der Waals surface area (Å²) in [6, 6.07) is 0.618. The smallest absolute Gasteiger partial charge is 0.202 e. The minimum Gasteiger partial charge on any atom is -0.358 e. The maximum absolute atomic E-state index is 4.14. The summed E-state index contributed by atoms with van der Waals surface area (Å²) >= 11 is 3.53. The molecule has 2 rings (SSSR count). The van der Waals surface area contributed by atoms with Gasteiger partial charge in [0.15, 0.2) is 0 Å². The zero-order chi connectivity index (χ0) is 9.80. The second kappa shape index (κ2) is 4.98. The number of thioether (sulfide) groups is 1. The van der Waals surface area contributed by atoms with Crippen molar-refractivity contribution < 1.29 is 0 Å². The van der Waals surface area contributed by atoms with E-state index < -0.39 is 0 Å². The maximum Gasteiger partial charge on any atom is 0.202 e. The van der Waals surface area contributed by atoms with Crippen molar-refractivity contribution in [3.63, 3.8) is 0 Å². The number of nitrogens with one attached hydrogen (secondary N) is 1. The van der Waals surface area contributed by atoms with E-state index in [0.717, 1.165) is 10.4 Å². The first kappa shape index (κ1) is 10.2. The van der Waals surface area contributed by atoms with E-state index in [1.54, 1.807) is 6.33 Å². The van der Waals surface area contributed by atoms with E-state index in [2.05, 4.69) is 33.4 Å². The molecule has 0 bridgehead atoms. The van der Waals surface area contributed by atoms with Crippen LogP contribution in [0.1, 0.15) is 26.2 Å². The van der Waals surface area contributed by atoms with Gasteiger partial charge in [0.05, 0.1) is 0 Å². The molecular formula is C9H15N3S2. The molecule has 0 amide bonds. The van der Waals surface area contributed by atoms with Crippen molar-refractivity contribution in [3.8, 4) is 0 Å². The van der Waals surface area contributed by atoms with Gasteiger partial charge in [-0.3, -0.25) is 0 Å². The monoisotopic (exact) mass is 229 g/mol. The second-order valence-corrected chi connectivity index (χ2v) is 5.84. The van der Waals surface area contributed by atoms with Gasteiger partial charge < -0.3 is 5.32 Å². The zero-order valence-electron chi connectivity index (χ0n) is 8.27. The highest BCUT2D eigenvalue weighted by molar-refractivity contribution is 7.99. The molecule has 0 aliphatic heterocycles. The van der Waals surface area contributed by atoms with Crippen LogP contribution in [-0.4, -0.2) is 26.4 Å². The Labute approximate surface area is 92.9 Å². The number of rotatable bonds is 4. The van der Waals surface area contributed by atoms with Crippen molar-refractivity contribution in [1.82, 2.24) is 9.36 Å². The van der Waals surface area contributed by atoms with E-state index in [1.165, 1.54) is 36.5 Å². The Morgan fingerprint density at radius 3 is 3.29 bits per heavy atom. The predicted octanol–water partition coefficient (Wildman–Crippen LogP) is 2.62. The highest BCUT2D eigenvalue weighted by Gasteiger charge is 2.24. The van der Waals surface area contributed by atoms with E-state index >= 15 is 0 Å². The standard InChI is InChI=1S/C9H15N3S2/c1-2-13-8-4-3-7(5-8)12-9-10-6-11-14-9/h6-8H,2-5H2,1H3,(H,10,11,12). The SMILES string of the molecule is CCSC1CCC(Nc2ncns2)C1. The topological polar surface area (TPSA) is 37.8 Å². The van der Waals surface area contributed by atoms with Crippen LogP contribution in [0.3, 0.4) is 0 Å². The summed E-state index contributed by atoms with van der Waals surface area (Å²) in [5, 5.41) is 5.26. The van der Waals surface area contributed by atoms with Gasteiger partial charge in [-0.1, -0.05) is 6.92 Å². The third-order valence-electron chi connectivity index (χ3n) is 2.48. The Bertz CT molecular complexity index is 263. The molecule has 0 aromatic carbocycles. The minimum atomic E-state index is 0.618. The van der Waals surface area contributed by atoms with E-state index in [9.17, 15) is 0 Å². The van der Waals surface area contributed by atoms with Crippen LogP contribution < -0.4 is 5.32 Å². The molecule has 1 heterocycles. The third kappa shape index (κ3) is 2.60. The molecular weight excluding hydrogens is 214 g/mol. The van der Waals surface area contributed by atoms with Gasteiger partial charge in [0.2, 0.25) is 5.13 Å². The molecule has 2 unspecified atom stereocenters. The van der Waals surface area contributed by atoms with Gasteiger partial charge in [-0.05, 0) is 25.0 Å². The molecule has 1 N–H and O–H groups in total. The number of nitrogens with zero attached hydrogens (tertiary/aromatic N) is 2. The Hall–Kier alpha value is -0.290. The Morgan fingerprint density at radius 2 is 2.57 bits per heavy atom. The lowest BCUT2D eigenvalue weighted by molar-refractivity contribution is 0.755. The van der Waals surface area contributed by atoms with Gasteiger partial charge >= 0.3 is 0 Å². The first-order chi connectivity index (χ1) is 6.88. The van der Waals surface area contributed by atoms with Crippen LogP contribution in [0.25, 0.3) is 0 Å². The molecule has 3 nitrogen and oxygen atoms in total. The fourth-order valence-corrected chi connectivity index (χ4v) is 3.52. The fraction of sp³-hybridized carbons (Fsp3) is 0.778. The second-order valence-electron chi connectivity index (χ2n) is 3.48. The van der Waals surface area contributed by atoms with Gasteiger partial charge in [0, 0.05) is 22.8 Å². The normalized spacial score (nSPS) is 26.6. The number of aromatic nitrogens is 2. The summed E-state index contributed by atoms with van der Waals surface area (Å²) in [6.07, 6.45) is 5.50. The molecule has 1 aliphatic rings. The molecule has 1 fully saturated rings. The molecule has 5 heteroatoms. The van der Waals surface area contributed by atoms with Crippen LogP contribution >= 0.6 is 23.3 Å². The fourth-order valence-electron chi connectivity index (χ4n) is 1.87. The highest BCUT2D eigenvalue weighted by Crippen LogP contribution is 2.31. The van der Waals surface area contributed by atoms with Gasteiger partial charge in [-0.25, -0.2) is 4.98 Å². The predicted molar refractivity (Wildman–Crippen MR) is 63.1 cm³/mol. The van der Waals surface area contributed by atoms with E-state index in [1.807, 2.05) is 0 Å². The number of hydrogen-bond donors (Lipinski definition) is 1. The molecule has 78 valence electrons. The molecule has 1 saturated carbocycles. The first-order valence-corrected chi connectivity index (χ1v) is 6.85. The molecule has 0 radical (unpaired) electrons. The van der Waals surface area contributed by atoms with Gasteiger partial charge in [0.1, 0.15) is 6.33 Å². The lowest BCUT2D eigenvalue weighted by atomic mass is 10.3. The Balaban J connectivity index is 1.79. The van der Waals surface area contributed by atoms with Crippen LogP contribution in [0.2, 0.25) is 0 Å². The largest absolute Gasteiger partial charge is 0.358 e. The molecule has 1 aliphatic carbocycles. The van der Waals surface area contributed by atoms with Crippen molar-refractivity contribution >= 4 is 28.4 Å². The average Bonchev–Trinajstić information content (AvgIpc) is 2.79. The van der Waals surface area contributed by atoms with Crippen LogP contribution in [-0.2, 0) is 0 Å². The number of hydrogen-bond acceptors (Lipinski definition) is 5. The summed E-state index contributed by atoms with van der Waals surface area (Å²) in [7, 11) is 0. The molecule has 0 spiro atoms. The minimum absolute atomic E-state index is 0.618. The molecule has 14 heavy (non-hydrogen) atoms. The van der Waals surface area contributed by atoms with E-state index in [-0.39, 0.29) is 0 Å². The molecule has 2 atom stereocenters. The van der Waals surface area contributed by atoms with Crippen molar-refractivity contribution in [2.24, 2.45) is 0 Å². The summed E-state index contributed by atoms with van der Waals surface area (Å²) < 4.78 is 3.98. The Morgan fingerprint density at radius 1 is 1.64 bits per heavy atom. The van der Waals surface area contributed by atoms with Crippen LogP contribution in [0.5, 0.6) is 0 Å². The van der Waals surface area contributed by atoms with E-state index in [0.29, 0.717) is 6.04 Å². The highest BCUT2D eigenvalue weighted by atomic mass is 32.2. The van der Waals surface area contributed by atoms with E-state index in [4.69, 9.17) is 0 Å². The number of anilines is 1. The quantitative estimate of drug-likeness (QED) is 0.861. The van der Waals surface area contributed by atoms with Gasteiger partial charge in [-0.2, -0.15) is 16.1 Å². The summed E-state index contributed by atoms with van der Waals surface area (Å²) in [6.45, 7) is 2.23. The van der Waals surface area contributed by atoms with Crippen molar-refractivity contribution in [2.45, 2.75) is 37.5 Å². The van der Waals surface area contributed by atoms with Gasteiger partial charge in [0.25, 0.3) is 0 Å². The molecule has 0 saturated heterocycles. The lowest BCUT2D eigenvalue weighted by Crippen LogP contribution is -2.15. The molecule has 1 aromatic heterocycles. The van der Waals surface area contributed by atoms with Crippen LogP contribution in [0.15, 0.2) is 6.33 Å². The zero-order valence-corrected chi connectivity index (χ0v) is 9.90. The lowest BCUT2D eigenvalue weighted by Gasteiger charge is -2.11. The van der Waals surface area contributed by atoms with Gasteiger partial charge in [-0.15, -0.1) is 0 Å². The van der Waals surface area contributed by atoms with Crippen molar-refractivity contribution in [2.75, 3.05) is 11.1 Å².